The summed E-state index contributed by atoms with van der Waals surface area (Å²) in [6.45, 7) is 3.39. The maximum atomic E-state index is 12.4. The molecule has 0 aliphatic rings. The van der Waals surface area contributed by atoms with Crippen LogP contribution in [-0.4, -0.2) is 29.7 Å². The van der Waals surface area contributed by atoms with E-state index in [2.05, 4.69) is 25.4 Å². The van der Waals surface area contributed by atoms with Crippen molar-refractivity contribution in [1.82, 2.24) is 15.4 Å². The summed E-state index contributed by atoms with van der Waals surface area (Å²) in [7, 11) is -3.87. The Balaban J connectivity index is 1.74. The van der Waals surface area contributed by atoms with E-state index in [0.717, 1.165) is 0 Å². The minimum absolute atomic E-state index is 0.0175. The number of nitrogens with zero attached hydrogens (tertiary/aromatic N) is 2. The van der Waals surface area contributed by atoms with Crippen LogP contribution in [-0.2, 0) is 10.0 Å². The molecule has 0 aliphatic carbocycles. The summed E-state index contributed by atoms with van der Waals surface area (Å²) in [4.78, 5) is 23.0. The van der Waals surface area contributed by atoms with E-state index in [0.29, 0.717) is 16.9 Å². The number of carbonyl (C=O) groups excluding carboxylic acids is 1. The molecule has 0 saturated heterocycles. The number of anilines is 2. The van der Waals surface area contributed by atoms with Crippen LogP contribution in [0.2, 0.25) is 0 Å². The molecule has 0 fully saturated rings. The number of hydrogen-bond donors (Lipinski definition) is 3. The standard InChI is InChI=1S/C16H15N5O5S/c1-9-10(2)20-26-16(9)21-27(24,25)12-5-3-11(4-6-12)17-15(23)13-7-8-14(22)19-18-13/h3-8,21H,1-2H3,(H,17,23)(H,19,22). The minimum atomic E-state index is -3.87. The van der Waals surface area contributed by atoms with Crippen molar-refractivity contribution in [1.29, 1.82) is 0 Å². The molecule has 0 bridgehead atoms. The molecule has 3 rings (SSSR count). The number of H-pyrrole nitrogens is 1. The van der Waals surface area contributed by atoms with E-state index in [1.807, 2.05) is 0 Å². The van der Waals surface area contributed by atoms with Gasteiger partial charge in [-0.05, 0) is 44.2 Å². The Bertz CT molecular complexity index is 1130. The van der Waals surface area contributed by atoms with Crippen molar-refractivity contribution >= 4 is 27.5 Å². The first kappa shape index (κ1) is 18.3. The lowest BCUT2D eigenvalue weighted by Crippen LogP contribution is -2.17. The normalized spacial score (nSPS) is 11.2. The van der Waals surface area contributed by atoms with Crippen molar-refractivity contribution in [2.24, 2.45) is 0 Å². The molecular weight excluding hydrogens is 374 g/mol. The fourth-order valence-electron chi connectivity index (χ4n) is 2.07. The van der Waals surface area contributed by atoms with Crippen LogP contribution in [0.15, 0.2) is 50.6 Å². The molecule has 0 atom stereocenters. The lowest BCUT2D eigenvalue weighted by molar-refractivity contribution is 0.102. The van der Waals surface area contributed by atoms with Gasteiger partial charge in [-0.15, -0.1) is 0 Å². The van der Waals surface area contributed by atoms with Gasteiger partial charge in [0.05, 0.1) is 10.6 Å². The highest BCUT2D eigenvalue weighted by Crippen LogP contribution is 2.22. The van der Waals surface area contributed by atoms with Crippen LogP contribution in [0.3, 0.4) is 0 Å². The topological polar surface area (TPSA) is 147 Å². The smallest absolute Gasteiger partial charge is 0.276 e. The van der Waals surface area contributed by atoms with Gasteiger partial charge in [0.1, 0.15) is 5.69 Å². The molecular formula is C16H15N5O5S. The van der Waals surface area contributed by atoms with Crippen molar-refractivity contribution in [3.8, 4) is 0 Å². The molecule has 3 aromatic rings. The van der Waals surface area contributed by atoms with Crippen molar-refractivity contribution in [3.05, 3.63) is 63.7 Å². The number of hydrogen-bond acceptors (Lipinski definition) is 7. The Hall–Kier alpha value is -3.47. The number of aryl methyl sites for hydroxylation is 1. The zero-order valence-corrected chi connectivity index (χ0v) is 15.1. The molecule has 27 heavy (non-hydrogen) atoms. The number of nitrogens with one attached hydrogen (secondary N) is 3. The summed E-state index contributed by atoms with van der Waals surface area (Å²) >= 11 is 0. The van der Waals surface area contributed by atoms with E-state index in [1.54, 1.807) is 13.8 Å². The maximum Gasteiger partial charge on any atom is 0.276 e. The fraction of sp³-hybridized carbons (Fsp3) is 0.125. The van der Waals surface area contributed by atoms with Gasteiger partial charge in [0.25, 0.3) is 21.5 Å². The first-order chi connectivity index (χ1) is 12.8. The largest absolute Gasteiger partial charge is 0.337 e. The van der Waals surface area contributed by atoms with Gasteiger partial charge in [-0.1, -0.05) is 5.16 Å². The third-order valence-corrected chi connectivity index (χ3v) is 5.07. The molecule has 0 aliphatic heterocycles. The summed E-state index contributed by atoms with van der Waals surface area (Å²) < 4.78 is 32.1. The Kier molecular flexibility index (Phi) is 4.77. The zero-order chi connectivity index (χ0) is 19.6. The highest BCUT2D eigenvalue weighted by molar-refractivity contribution is 7.92. The number of aromatic nitrogens is 3. The van der Waals surface area contributed by atoms with Crippen LogP contribution in [0.1, 0.15) is 21.7 Å². The summed E-state index contributed by atoms with van der Waals surface area (Å²) in [6, 6.07) is 7.97. The molecule has 0 spiro atoms. The van der Waals surface area contributed by atoms with E-state index in [9.17, 15) is 18.0 Å². The molecule has 10 nitrogen and oxygen atoms in total. The SMILES string of the molecule is Cc1noc(NS(=O)(=O)c2ccc(NC(=O)c3ccc(=O)[nH]n3)cc2)c1C. The van der Waals surface area contributed by atoms with Gasteiger partial charge in [-0.2, -0.15) is 5.10 Å². The second-order valence-electron chi connectivity index (χ2n) is 5.61. The highest BCUT2D eigenvalue weighted by atomic mass is 32.2. The molecule has 1 aromatic carbocycles. The first-order valence-electron chi connectivity index (χ1n) is 7.69. The number of benzene rings is 1. The van der Waals surface area contributed by atoms with E-state index in [4.69, 9.17) is 4.52 Å². The molecule has 2 aromatic heterocycles. The van der Waals surface area contributed by atoms with Gasteiger partial charge in [0, 0.05) is 17.3 Å². The Labute approximate surface area is 153 Å². The van der Waals surface area contributed by atoms with Crippen LogP contribution >= 0.6 is 0 Å². The third kappa shape index (κ3) is 4.03. The summed E-state index contributed by atoms with van der Waals surface area (Å²) in [5, 5.41) is 12.0. The Morgan fingerprint density at radius 2 is 1.81 bits per heavy atom. The monoisotopic (exact) mass is 389 g/mol. The van der Waals surface area contributed by atoms with E-state index >= 15 is 0 Å². The second-order valence-corrected chi connectivity index (χ2v) is 7.29. The van der Waals surface area contributed by atoms with E-state index in [-0.39, 0.29) is 16.5 Å². The minimum Gasteiger partial charge on any atom is -0.337 e. The molecule has 0 saturated carbocycles. The summed E-state index contributed by atoms with van der Waals surface area (Å²) in [5.41, 5.74) is 1.13. The van der Waals surface area contributed by atoms with Crippen LogP contribution < -0.4 is 15.6 Å². The van der Waals surface area contributed by atoms with Gasteiger partial charge in [-0.25, -0.2) is 18.2 Å². The van der Waals surface area contributed by atoms with Gasteiger partial charge in [0.2, 0.25) is 5.88 Å². The quantitative estimate of drug-likeness (QED) is 0.598. The average Bonchev–Trinajstić information content (AvgIpc) is 2.94. The summed E-state index contributed by atoms with van der Waals surface area (Å²) in [5.74, 6) is -0.498. The highest BCUT2D eigenvalue weighted by Gasteiger charge is 2.19. The van der Waals surface area contributed by atoms with E-state index in [1.165, 1.54) is 36.4 Å². The van der Waals surface area contributed by atoms with Crippen LogP contribution in [0.4, 0.5) is 11.6 Å². The van der Waals surface area contributed by atoms with Gasteiger partial charge < -0.3 is 9.84 Å². The molecule has 11 heteroatoms. The zero-order valence-electron chi connectivity index (χ0n) is 14.3. The maximum absolute atomic E-state index is 12.4. The number of carbonyl (C=O) groups is 1. The first-order valence-corrected chi connectivity index (χ1v) is 9.17. The van der Waals surface area contributed by atoms with Crippen molar-refractivity contribution in [2.75, 3.05) is 10.0 Å². The molecule has 0 radical (unpaired) electrons. The molecule has 1 amide bonds. The molecule has 140 valence electrons. The number of aromatic amines is 1. The van der Waals surface area contributed by atoms with Crippen LogP contribution in [0, 0.1) is 13.8 Å². The van der Waals surface area contributed by atoms with Crippen LogP contribution in [0.25, 0.3) is 0 Å². The molecule has 0 unspecified atom stereocenters. The Morgan fingerprint density at radius 1 is 1.11 bits per heavy atom. The van der Waals surface area contributed by atoms with Gasteiger partial charge >= 0.3 is 0 Å². The molecule has 2 heterocycles. The number of amides is 1. The second kappa shape index (κ2) is 7.03. The van der Waals surface area contributed by atoms with Gasteiger partial charge in [-0.3, -0.25) is 9.59 Å². The van der Waals surface area contributed by atoms with Crippen molar-refractivity contribution < 1.29 is 17.7 Å². The molecule has 3 N–H and O–H groups in total. The van der Waals surface area contributed by atoms with E-state index < -0.39 is 21.5 Å². The van der Waals surface area contributed by atoms with Crippen LogP contribution in [0.5, 0.6) is 0 Å². The third-order valence-electron chi connectivity index (χ3n) is 3.72. The number of rotatable bonds is 5. The fourth-order valence-corrected chi connectivity index (χ4v) is 3.12. The lowest BCUT2D eigenvalue weighted by atomic mass is 10.3. The summed E-state index contributed by atoms with van der Waals surface area (Å²) in [6.07, 6.45) is 0. The number of sulfonamides is 1. The lowest BCUT2D eigenvalue weighted by Gasteiger charge is -2.08. The van der Waals surface area contributed by atoms with Crippen molar-refractivity contribution in [3.63, 3.8) is 0 Å². The van der Waals surface area contributed by atoms with Gasteiger partial charge in [0.15, 0.2) is 0 Å². The average molecular weight is 389 g/mol. The predicted molar refractivity (Wildman–Crippen MR) is 96.0 cm³/mol. The Morgan fingerprint density at radius 3 is 2.37 bits per heavy atom. The predicted octanol–water partition coefficient (Wildman–Crippen LogP) is 1.43. The van der Waals surface area contributed by atoms with Crippen molar-refractivity contribution in [2.45, 2.75) is 18.7 Å².